The third-order valence-corrected chi connectivity index (χ3v) is 12.9. The number of likely N-dealkylation sites (tertiary alicyclic amines) is 1. The quantitative estimate of drug-likeness (QED) is 0.150. The second kappa shape index (κ2) is 13.8. The van der Waals surface area contributed by atoms with Crippen LogP contribution < -0.4 is 5.32 Å². The summed E-state index contributed by atoms with van der Waals surface area (Å²) in [6.45, 7) is 2.69. The minimum atomic E-state index is -4.52. The lowest BCUT2D eigenvalue weighted by atomic mass is 9.79. The number of aryl methyl sites for hydroxylation is 2. The maximum absolute atomic E-state index is 17.2. The maximum Gasteiger partial charge on any atom is 0.416 e. The van der Waals surface area contributed by atoms with Crippen LogP contribution in [0.3, 0.4) is 0 Å². The molecule has 3 aliphatic heterocycles. The molecule has 7 nitrogen and oxygen atoms in total. The van der Waals surface area contributed by atoms with Gasteiger partial charge >= 0.3 is 6.18 Å². The van der Waals surface area contributed by atoms with Crippen molar-refractivity contribution in [3.8, 4) is 17.2 Å². The summed E-state index contributed by atoms with van der Waals surface area (Å²) in [4.78, 5) is 20.7. The number of aromatic nitrogens is 2. The largest absolute Gasteiger partial charge is 0.416 e. The summed E-state index contributed by atoms with van der Waals surface area (Å²) in [6, 6.07) is 16.4. The van der Waals surface area contributed by atoms with E-state index in [1.807, 2.05) is 17.9 Å². The molecule has 1 N–H and O–H groups in total. The predicted octanol–water partition coefficient (Wildman–Crippen LogP) is 9.89. The van der Waals surface area contributed by atoms with Gasteiger partial charge in [-0.15, -0.1) is 0 Å². The Hall–Kier alpha value is -4.21. The van der Waals surface area contributed by atoms with Crippen molar-refractivity contribution in [2.75, 3.05) is 13.1 Å². The molecule has 2 bridgehead atoms. The topological polar surface area (TPSA) is 83.2 Å². The molecule has 2 saturated carbocycles. The lowest BCUT2D eigenvalue weighted by Gasteiger charge is -2.39. The summed E-state index contributed by atoms with van der Waals surface area (Å²) < 4.78 is 67.3. The average Bonchev–Trinajstić information content (AvgIpc) is 3.45. The van der Waals surface area contributed by atoms with Gasteiger partial charge in [0, 0.05) is 71.2 Å². The van der Waals surface area contributed by atoms with Gasteiger partial charge in [-0.2, -0.15) is 18.4 Å². The standard InChI is InChI=1S/C42H37Cl2F4N5O2/c1-21-28-17-34(33-16-26(19-52(33)41(54)22-11-12-22)55-20-24-6-2-3-9-30(24)42(46,47)48)53(39-25-15-32(39)50-18-25)40(28)29-14-23(7-5-13-49)35(37(45)38(29)51-21)27-8-4-10-31(43)36(27)44/h2-4,6,8-10,14,17,22,25-26,32-33,39,50H,5,7,11-12,15-16,18-20H2,1H3/t25-,26+,32-,33-,39+/m1/s1. The third-order valence-electron chi connectivity index (χ3n) is 12.0. The Morgan fingerprint density at radius 3 is 2.58 bits per heavy atom. The van der Waals surface area contributed by atoms with Gasteiger partial charge in [0.1, 0.15) is 5.52 Å². The zero-order valence-electron chi connectivity index (χ0n) is 29.9. The Morgan fingerprint density at radius 2 is 1.87 bits per heavy atom. The van der Waals surface area contributed by atoms with E-state index in [1.165, 1.54) is 12.1 Å². The van der Waals surface area contributed by atoms with Crippen molar-refractivity contribution in [3.05, 3.63) is 98.5 Å². The second-order valence-corrected chi connectivity index (χ2v) is 16.2. The molecule has 2 aromatic heterocycles. The molecule has 5 heterocycles. The van der Waals surface area contributed by atoms with Crippen LogP contribution in [0.2, 0.25) is 10.0 Å². The maximum atomic E-state index is 17.2. The summed E-state index contributed by atoms with van der Waals surface area (Å²) in [5.41, 5.74) is 3.07. The molecule has 1 amide bonds. The Morgan fingerprint density at radius 1 is 1.07 bits per heavy atom. The molecule has 0 spiro atoms. The van der Waals surface area contributed by atoms with Gasteiger partial charge in [0.25, 0.3) is 0 Å². The summed E-state index contributed by atoms with van der Waals surface area (Å²) in [5, 5.41) is 15.1. The molecule has 3 saturated heterocycles. The first-order valence-corrected chi connectivity index (χ1v) is 19.5. The van der Waals surface area contributed by atoms with Crippen molar-refractivity contribution in [3.63, 3.8) is 0 Å². The van der Waals surface area contributed by atoms with Crippen molar-refractivity contribution >= 4 is 50.9 Å². The number of hydrogen-bond donors (Lipinski definition) is 1. The van der Waals surface area contributed by atoms with Gasteiger partial charge in [-0.3, -0.25) is 4.79 Å². The first-order valence-electron chi connectivity index (χ1n) is 18.7. The minimum Gasteiger partial charge on any atom is -0.372 e. The van der Waals surface area contributed by atoms with Crippen molar-refractivity contribution in [2.45, 2.75) is 82.5 Å². The number of benzene rings is 3. The van der Waals surface area contributed by atoms with E-state index < -0.39 is 29.7 Å². The van der Waals surface area contributed by atoms with E-state index in [-0.39, 0.29) is 76.6 Å². The molecule has 5 fully saturated rings. The number of fused-ring (bicyclic) bond motifs is 4. The first-order chi connectivity index (χ1) is 26.4. The van der Waals surface area contributed by atoms with Crippen LogP contribution in [0.5, 0.6) is 0 Å². The molecule has 5 aliphatic rings. The van der Waals surface area contributed by atoms with Gasteiger partial charge in [0.05, 0.1) is 52.0 Å². The van der Waals surface area contributed by atoms with Gasteiger partial charge in [0.2, 0.25) is 5.91 Å². The minimum absolute atomic E-state index is 0.0193. The van der Waals surface area contributed by atoms with Crippen LogP contribution in [-0.4, -0.2) is 45.6 Å². The van der Waals surface area contributed by atoms with E-state index in [1.54, 1.807) is 24.3 Å². The van der Waals surface area contributed by atoms with Gasteiger partial charge < -0.3 is 19.5 Å². The molecule has 5 aromatic rings. The zero-order chi connectivity index (χ0) is 38.3. The van der Waals surface area contributed by atoms with E-state index >= 15 is 4.39 Å². The van der Waals surface area contributed by atoms with Crippen LogP contribution in [0, 0.1) is 35.9 Å². The van der Waals surface area contributed by atoms with Crippen molar-refractivity contribution in [1.29, 1.82) is 5.26 Å². The number of nitrogens with one attached hydrogen (secondary N) is 1. The number of amides is 1. The van der Waals surface area contributed by atoms with E-state index in [0.29, 0.717) is 34.5 Å². The molecule has 0 unspecified atom stereocenters. The highest BCUT2D eigenvalue weighted by molar-refractivity contribution is 6.43. The molecule has 10 rings (SSSR count). The average molecular weight is 791 g/mol. The second-order valence-electron chi connectivity index (χ2n) is 15.4. The zero-order valence-corrected chi connectivity index (χ0v) is 31.4. The number of alkyl halides is 3. The lowest BCUT2D eigenvalue weighted by molar-refractivity contribution is -0.139. The SMILES string of the molecule is Cc1nc2c(F)c(-c3cccc(Cl)c3Cl)c(CCC#N)cc2c2c1cc([C@H]1C[C@H](OCc3ccccc3C(F)(F)F)CN1C(=O)C1CC1)n2[C@H]1[C@H]2CN[C@@H]1C2. The number of nitriles is 1. The number of carbonyl (C=O) groups excluding carboxylic acids is 1. The van der Waals surface area contributed by atoms with Gasteiger partial charge in [-0.1, -0.05) is 53.5 Å². The molecular formula is C42H37Cl2F4N5O2. The third kappa shape index (κ3) is 6.17. The van der Waals surface area contributed by atoms with Gasteiger partial charge in [-0.05, 0) is 73.9 Å². The molecular weight excluding hydrogens is 753 g/mol. The molecule has 5 atom stereocenters. The molecule has 13 heteroatoms. The number of rotatable bonds is 9. The first kappa shape index (κ1) is 36.4. The fraction of sp³-hybridized carbons (Fsp3) is 0.405. The number of halogens is 6. The number of hydrogen-bond acceptors (Lipinski definition) is 5. The van der Waals surface area contributed by atoms with E-state index in [9.17, 15) is 23.2 Å². The molecule has 2 aliphatic carbocycles. The predicted molar refractivity (Wildman–Crippen MR) is 202 cm³/mol. The summed E-state index contributed by atoms with van der Waals surface area (Å²) in [7, 11) is 0. The van der Waals surface area contributed by atoms with E-state index in [4.69, 9.17) is 32.9 Å². The lowest BCUT2D eigenvalue weighted by Crippen LogP contribution is -2.41. The fourth-order valence-corrected chi connectivity index (χ4v) is 9.63. The van der Waals surface area contributed by atoms with Crippen LogP contribution in [-0.2, 0) is 28.7 Å². The van der Waals surface area contributed by atoms with Crippen LogP contribution >= 0.6 is 23.2 Å². The monoisotopic (exact) mass is 789 g/mol. The highest BCUT2D eigenvalue weighted by Gasteiger charge is 2.51. The van der Waals surface area contributed by atoms with Crippen molar-refractivity contribution < 1.29 is 27.1 Å². The normalized spacial score (nSPS) is 23.5. The van der Waals surface area contributed by atoms with Crippen molar-refractivity contribution in [2.24, 2.45) is 11.8 Å². The summed E-state index contributed by atoms with van der Waals surface area (Å²) >= 11 is 13.1. The smallest absolute Gasteiger partial charge is 0.372 e. The Balaban J connectivity index is 1.20. The molecule has 284 valence electrons. The van der Waals surface area contributed by atoms with Gasteiger partial charge in [-0.25, -0.2) is 9.37 Å². The van der Waals surface area contributed by atoms with E-state index in [0.717, 1.165) is 48.5 Å². The van der Waals surface area contributed by atoms with Gasteiger partial charge in [0.15, 0.2) is 5.82 Å². The molecule has 55 heavy (non-hydrogen) atoms. The Labute approximate surface area is 325 Å². The van der Waals surface area contributed by atoms with E-state index in [2.05, 4.69) is 22.0 Å². The van der Waals surface area contributed by atoms with Crippen LogP contribution in [0.25, 0.3) is 32.9 Å². The van der Waals surface area contributed by atoms with Crippen LogP contribution in [0.15, 0.2) is 54.6 Å². The van der Waals surface area contributed by atoms with Crippen molar-refractivity contribution in [1.82, 2.24) is 19.8 Å². The molecule has 3 aromatic carbocycles. The highest BCUT2D eigenvalue weighted by atomic mass is 35.5. The fourth-order valence-electron chi connectivity index (χ4n) is 9.24. The van der Waals surface area contributed by atoms with Crippen LogP contribution in [0.1, 0.15) is 72.3 Å². The highest BCUT2D eigenvalue weighted by Crippen LogP contribution is 2.51. The number of nitrogens with zero attached hydrogens (tertiary/aromatic N) is 4. The summed E-state index contributed by atoms with van der Waals surface area (Å²) in [6.07, 6.45) is -1.64. The molecule has 0 radical (unpaired) electrons. The Bertz CT molecular complexity index is 2410. The van der Waals surface area contributed by atoms with Crippen LogP contribution in [0.4, 0.5) is 17.6 Å². The number of ether oxygens (including phenoxy) is 1. The number of pyridine rings is 1. The Kier molecular flexibility index (Phi) is 9.12. The number of carbonyl (C=O) groups is 1. The summed E-state index contributed by atoms with van der Waals surface area (Å²) in [5.74, 6) is -0.312.